The molecule has 0 radical (unpaired) electrons. The van der Waals surface area contributed by atoms with E-state index in [2.05, 4.69) is 42.9 Å². The largest absolute Gasteiger partial charge is 0.313 e. The summed E-state index contributed by atoms with van der Waals surface area (Å²) in [5, 5.41) is 3.48. The van der Waals surface area contributed by atoms with Crippen LogP contribution < -0.4 is 5.32 Å². The average Bonchev–Trinajstić information content (AvgIpc) is 2.30. The Hall–Kier alpha value is -0.470. The van der Waals surface area contributed by atoms with Crippen molar-refractivity contribution in [2.45, 2.75) is 37.6 Å². The number of rotatable bonds is 6. The molecule has 1 unspecified atom stereocenters. The minimum absolute atomic E-state index is 0.527. The van der Waals surface area contributed by atoms with Crippen LogP contribution in [0.15, 0.2) is 24.3 Å². The third-order valence-electron chi connectivity index (χ3n) is 3.88. The van der Waals surface area contributed by atoms with Crippen LogP contribution in [0.1, 0.15) is 48.8 Å². The van der Waals surface area contributed by atoms with Gasteiger partial charge in [0.25, 0.3) is 0 Å². The fourth-order valence-corrected chi connectivity index (χ4v) is 3.08. The normalized spacial score (nSPS) is 17.8. The molecule has 0 spiro atoms. The molecule has 17 heavy (non-hydrogen) atoms. The molecule has 0 amide bonds. The van der Waals surface area contributed by atoms with E-state index < -0.39 is 0 Å². The van der Waals surface area contributed by atoms with E-state index in [0.29, 0.717) is 6.04 Å². The van der Waals surface area contributed by atoms with Crippen LogP contribution in [-0.2, 0) is 0 Å². The summed E-state index contributed by atoms with van der Waals surface area (Å²) in [7, 11) is 2.09. The van der Waals surface area contributed by atoms with Crippen molar-refractivity contribution in [3.63, 3.8) is 0 Å². The van der Waals surface area contributed by atoms with Crippen LogP contribution in [-0.4, -0.2) is 19.1 Å². The fourth-order valence-electron chi connectivity index (χ4n) is 2.61. The lowest BCUT2D eigenvalue weighted by molar-refractivity contribution is 0.412. The molecule has 1 aromatic carbocycles. The maximum absolute atomic E-state index is 3.48. The quantitative estimate of drug-likeness (QED) is 0.819. The molecular formula is C15H23NS. The fraction of sp³-hybridized carbons (Fsp3) is 0.600. The average molecular weight is 249 g/mol. The topological polar surface area (TPSA) is 12.0 Å². The van der Waals surface area contributed by atoms with Crippen LogP contribution in [0.2, 0.25) is 0 Å². The van der Waals surface area contributed by atoms with Crippen LogP contribution in [0.4, 0.5) is 0 Å². The SMILES string of the molecule is CNC(CCSC)c1ccccc1C1CCC1. The smallest absolute Gasteiger partial charge is 0.0328 e. The third-order valence-corrected chi connectivity index (χ3v) is 4.52. The number of nitrogens with one attached hydrogen (secondary N) is 1. The molecule has 1 atom stereocenters. The summed E-state index contributed by atoms with van der Waals surface area (Å²) in [6, 6.07) is 9.55. The van der Waals surface area contributed by atoms with E-state index in [0.717, 1.165) is 5.92 Å². The van der Waals surface area contributed by atoms with Crippen LogP contribution in [0.25, 0.3) is 0 Å². The van der Waals surface area contributed by atoms with Gasteiger partial charge < -0.3 is 5.32 Å². The molecule has 1 fully saturated rings. The first-order valence-corrected chi connectivity index (χ1v) is 8.01. The molecule has 1 nitrogen and oxygen atoms in total. The highest BCUT2D eigenvalue weighted by molar-refractivity contribution is 7.98. The van der Waals surface area contributed by atoms with Crippen LogP contribution in [0, 0.1) is 0 Å². The molecule has 1 aromatic rings. The Labute approximate surface area is 109 Å². The zero-order valence-electron chi connectivity index (χ0n) is 10.9. The van der Waals surface area contributed by atoms with Gasteiger partial charge in [-0.2, -0.15) is 11.8 Å². The van der Waals surface area contributed by atoms with Crippen LogP contribution in [0.3, 0.4) is 0 Å². The molecule has 1 N–H and O–H groups in total. The minimum atomic E-state index is 0.527. The maximum Gasteiger partial charge on any atom is 0.0328 e. The molecule has 0 saturated heterocycles. The van der Waals surface area contributed by atoms with Gasteiger partial charge in [-0.15, -0.1) is 0 Å². The van der Waals surface area contributed by atoms with Gasteiger partial charge in [-0.1, -0.05) is 30.7 Å². The van der Waals surface area contributed by atoms with E-state index in [9.17, 15) is 0 Å². The first kappa shape index (κ1) is 13.0. The Balaban J connectivity index is 2.16. The second-order valence-corrected chi connectivity index (χ2v) is 5.87. The summed E-state index contributed by atoms with van der Waals surface area (Å²) < 4.78 is 0. The van der Waals surface area contributed by atoms with Crippen LogP contribution >= 0.6 is 11.8 Å². The molecule has 1 saturated carbocycles. The summed E-state index contributed by atoms with van der Waals surface area (Å²) >= 11 is 1.93. The lowest BCUT2D eigenvalue weighted by Crippen LogP contribution is -2.21. The highest BCUT2D eigenvalue weighted by Gasteiger charge is 2.24. The number of thioether (sulfide) groups is 1. The predicted molar refractivity (Wildman–Crippen MR) is 77.8 cm³/mol. The zero-order valence-corrected chi connectivity index (χ0v) is 11.7. The van der Waals surface area contributed by atoms with Crippen molar-refractivity contribution in [3.8, 4) is 0 Å². The van der Waals surface area contributed by atoms with Crippen LogP contribution in [0.5, 0.6) is 0 Å². The molecule has 0 heterocycles. The number of benzene rings is 1. The molecule has 94 valence electrons. The molecule has 0 aliphatic heterocycles. The standard InChI is InChI=1S/C15H23NS/c1-16-15(10-11-17-2)14-9-4-3-8-13(14)12-6-5-7-12/h3-4,8-9,12,15-16H,5-7,10-11H2,1-2H3. The second kappa shape index (κ2) is 6.46. The monoisotopic (exact) mass is 249 g/mol. The van der Waals surface area contributed by atoms with E-state index in [4.69, 9.17) is 0 Å². The maximum atomic E-state index is 3.48. The first-order valence-electron chi connectivity index (χ1n) is 6.62. The second-order valence-electron chi connectivity index (χ2n) is 4.88. The van der Waals surface area contributed by atoms with Crippen molar-refractivity contribution >= 4 is 11.8 Å². The Morgan fingerprint density at radius 3 is 2.71 bits per heavy atom. The zero-order chi connectivity index (χ0) is 12.1. The van der Waals surface area contributed by atoms with E-state index in [1.54, 1.807) is 5.56 Å². The van der Waals surface area contributed by atoms with Gasteiger partial charge in [0.2, 0.25) is 0 Å². The molecule has 0 aromatic heterocycles. The van der Waals surface area contributed by atoms with Crippen molar-refractivity contribution in [3.05, 3.63) is 35.4 Å². The molecule has 1 aliphatic carbocycles. The minimum Gasteiger partial charge on any atom is -0.313 e. The molecule has 2 rings (SSSR count). The molecular weight excluding hydrogens is 226 g/mol. The number of hydrogen-bond donors (Lipinski definition) is 1. The summed E-state index contributed by atoms with van der Waals surface area (Å²) in [5.41, 5.74) is 3.13. The van der Waals surface area contributed by atoms with E-state index >= 15 is 0 Å². The Kier molecular flexibility index (Phi) is 4.93. The lowest BCUT2D eigenvalue weighted by atomic mass is 9.77. The van der Waals surface area contributed by atoms with E-state index in [-0.39, 0.29) is 0 Å². The number of hydrogen-bond acceptors (Lipinski definition) is 2. The highest BCUT2D eigenvalue weighted by atomic mass is 32.2. The van der Waals surface area contributed by atoms with Gasteiger partial charge >= 0.3 is 0 Å². The Morgan fingerprint density at radius 1 is 1.35 bits per heavy atom. The van der Waals surface area contributed by atoms with Gasteiger partial charge in [-0.25, -0.2) is 0 Å². The third kappa shape index (κ3) is 3.05. The summed E-state index contributed by atoms with van der Waals surface area (Å²) in [5.74, 6) is 2.06. The first-order chi connectivity index (χ1) is 8.36. The van der Waals surface area contributed by atoms with E-state index in [1.807, 2.05) is 11.8 Å². The van der Waals surface area contributed by atoms with Gasteiger partial charge in [-0.05, 0) is 55.4 Å². The van der Waals surface area contributed by atoms with Gasteiger partial charge in [-0.3, -0.25) is 0 Å². The highest BCUT2D eigenvalue weighted by Crippen LogP contribution is 2.39. The summed E-state index contributed by atoms with van der Waals surface area (Å²) in [6.07, 6.45) is 7.59. The van der Waals surface area contributed by atoms with Gasteiger partial charge in [0, 0.05) is 6.04 Å². The van der Waals surface area contributed by atoms with Gasteiger partial charge in [0.05, 0.1) is 0 Å². The molecule has 2 heteroatoms. The van der Waals surface area contributed by atoms with Crippen molar-refractivity contribution in [1.29, 1.82) is 0 Å². The Morgan fingerprint density at radius 2 is 2.12 bits per heavy atom. The van der Waals surface area contributed by atoms with Gasteiger partial charge in [0.1, 0.15) is 0 Å². The van der Waals surface area contributed by atoms with Crippen molar-refractivity contribution in [2.75, 3.05) is 19.1 Å². The summed E-state index contributed by atoms with van der Waals surface area (Å²) in [6.45, 7) is 0. The van der Waals surface area contributed by atoms with Crippen molar-refractivity contribution in [1.82, 2.24) is 5.32 Å². The Bertz CT molecular complexity index is 347. The van der Waals surface area contributed by atoms with Crippen molar-refractivity contribution < 1.29 is 0 Å². The predicted octanol–water partition coefficient (Wildman–Crippen LogP) is 3.97. The molecule has 1 aliphatic rings. The molecule has 0 bridgehead atoms. The lowest BCUT2D eigenvalue weighted by Gasteiger charge is -2.30. The van der Waals surface area contributed by atoms with Crippen molar-refractivity contribution in [2.24, 2.45) is 0 Å². The van der Waals surface area contributed by atoms with Gasteiger partial charge in [0.15, 0.2) is 0 Å². The van der Waals surface area contributed by atoms with E-state index in [1.165, 1.54) is 37.0 Å². The summed E-state index contributed by atoms with van der Waals surface area (Å²) in [4.78, 5) is 0.